The van der Waals surface area contributed by atoms with E-state index in [0.29, 0.717) is 29.8 Å². The van der Waals surface area contributed by atoms with E-state index in [1.54, 1.807) is 0 Å². The van der Waals surface area contributed by atoms with Crippen LogP contribution in [0.2, 0.25) is 0 Å². The Balaban J connectivity index is 0.00000124. The van der Waals surface area contributed by atoms with E-state index in [1.807, 2.05) is 6.92 Å². The number of fused-ring (bicyclic) bond motifs is 5. The normalized spacial score (nSPS) is 43.2. The van der Waals surface area contributed by atoms with Crippen LogP contribution in [0.1, 0.15) is 105 Å². The zero-order valence-electron chi connectivity index (χ0n) is 20.1. The molecule has 8 atom stereocenters. The Hall–Kier alpha value is -0.970. The van der Waals surface area contributed by atoms with Crippen molar-refractivity contribution in [1.29, 1.82) is 0 Å². The molecule has 0 amide bonds. The zero-order chi connectivity index (χ0) is 21.9. The summed E-state index contributed by atoms with van der Waals surface area (Å²) in [7, 11) is 0. The van der Waals surface area contributed by atoms with Crippen molar-refractivity contribution in [2.45, 2.75) is 105 Å². The van der Waals surface area contributed by atoms with Crippen LogP contribution in [-0.2, 0) is 9.53 Å². The molecule has 4 aliphatic rings. The molecule has 0 heterocycles. The Kier molecular flexibility index (Phi) is 7.63. The van der Waals surface area contributed by atoms with Gasteiger partial charge in [-0.25, -0.2) is 0 Å². The molecule has 0 N–H and O–H groups in total. The Morgan fingerprint density at radius 3 is 2.43 bits per heavy atom. The van der Waals surface area contributed by atoms with Crippen molar-refractivity contribution in [3.63, 3.8) is 0 Å². The second-order valence-electron chi connectivity index (χ2n) is 11.5. The molecule has 170 valence electrons. The second kappa shape index (κ2) is 9.67. The summed E-state index contributed by atoms with van der Waals surface area (Å²) in [5.74, 6) is 5.41. The lowest BCUT2D eigenvalue weighted by Gasteiger charge is -2.61. The monoisotopic (exact) mass is 414 g/mol. The standard InChI is InChI=1S/C26H44O2.C2H2/c1-5-28-24(27)14-9-18(2)21-12-13-22-20-11-10-19-8-6-7-16-25(19,3)23(20)15-17-26(21,22)4;1-2/h18-23H,5-17H2,1-4H3;1-2H/t18-,19?,20?,21?,22?,23?,25?,26-;/m1./s1. The Morgan fingerprint density at radius 1 is 0.967 bits per heavy atom. The van der Waals surface area contributed by atoms with E-state index in [4.69, 9.17) is 4.74 Å². The molecule has 6 unspecified atom stereocenters. The third kappa shape index (κ3) is 4.08. The van der Waals surface area contributed by atoms with Gasteiger partial charge in [-0.3, -0.25) is 4.79 Å². The summed E-state index contributed by atoms with van der Waals surface area (Å²) in [6.07, 6.45) is 24.4. The van der Waals surface area contributed by atoms with Gasteiger partial charge in [-0.15, -0.1) is 12.8 Å². The van der Waals surface area contributed by atoms with Crippen LogP contribution in [0.15, 0.2) is 0 Å². The molecule has 0 aliphatic heterocycles. The Bertz CT molecular complexity index is 609. The average Bonchev–Trinajstić information content (AvgIpc) is 3.10. The van der Waals surface area contributed by atoms with Crippen molar-refractivity contribution >= 4 is 5.97 Å². The first kappa shape index (κ1) is 23.7. The molecule has 0 bridgehead atoms. The van der Waals surface area contributed by atoms with E-state index in [0.717, 1.165) is 36.0 Å². The van der Waals surface area contributed by atoms with E-state index >= 15 is 0 Å². The fraction of sp³-hybridized carbons (Fsp3) is 0.893. The van der Waals surface area contributed by atoms with Crippen molar-refractivity contribution in [3.8, 4) is 12.8 Å². The van der Waals surface area contributed by atoms with Gasteiger partial charge in [-0.05, 0) is 111 Å². The van der Waals surface area contributed by atoms with Crippen LogP contribution in [0.25, 0.3) is 0 Å². The van der Waals surface area contributed by atoms with Crippen LogP contribution in [-0.4, -0.2) is 12.6 Å². The molecule has 4 saturated carbocycles. The SMILES string of the molecule is C#C.CCOC(=O)CC[C@@H](C)C1CCC2C3CCC4CCCCC4(C)C3CC[C@@]21C. The number of carbonyl (C=O) groups excluding carboxylic acids is 1. The van der Waals surface area contributed by atoms with Crippen LogP contribution in [0.4, 0.5) is 0 Å². The highest BCUT2D eigenvalue weighted by molar-refractivity contribution is 5.69. The largest absolute Gasteiger partial charge is 0.466 e. The molecule has 0 aromatic heterocycles. The summed E-state index contributed by atoms with van der Waals surface area (Å²) in [5.41, 5.74) is 1.17. The van der Waals surface area contributed by atoms with Crippen LogP contribution in [0.3, 0.4) is 0 Å². The van der Waals surface area contributed by atoms with E-state index in [1.165, 1.54) is 64.2 Å². The molecule has 2 heteroatoms. The third-order valence-corrected chi connectivity index (χ3v) is 10.5. The van der Waals surface area contributed by atoms with Gasteiger partial charge in [0.2, 0.25) is 0 Å². The molecule has 4 fully saturated rings. The molecule has 0 saturated heterocycles. The number of esters is 1. The molecule has 30 heavy (non-hydrogen) atoms. The molecule has 0 aromatic carbocycles. The predicted molar refractivity (Wildman–Crippen MR) is 125 cm³/mol. The van der Waals surface area contributed by atoms with Gasteiger partial charge in [0.15, 0.2) is 0 Å². The minimum absolute atomic E-state index is 0.00121. The van der Waals surface area contributed by atoms with Gasteiger partial charge in [0.05, 0.1) is 6.61 Å². The van der Waals surface area contributed by atoms with Crippen molar-refractivity contribution in [2.24, 2.45) is 46.3 Å². The summed E-state index contributed by atoms with van der Waals surface area (Å²) < 4.78 is 5.18. The molecule has 0 spiro atoms. The average molecular weight is 415 g/mol. The third-order valence-electron chi connectivity index (χ3n) is 10.5. The highest BCUT2D eigenvalue weighted by Gasteiger charge is 2.60. The molecule has 2 nitrogen and oxygen atoms in total. The Morgan fingerprint density at radius 2 is 1.70 bits per heavy atom. The van der Waals surface area contributed by atoms with Gasteiger partial charge >= 0.3 is 5.97 Å². The van der Waals surface area contributed by atoms with Crippen molar-refractivity contribution in [3.05, 3.63) is 0 Å². The van der Waals surface area contributed by atoms with Gasteiger partial charge in [0.25, 0.3) is 0 Å². The van der Waals surface area contributed by atoms with E-state index < -0.39 is 0 Å². The first-order valence-electron chi connectivity index (χ1n) is 12.9. The minimum Gasteiger partial charge on any atom is -0.466 e. The number of hydrogen-bond acceptors (Lipinski definition) is 2. The van der Waals surface area contributed by atoms with Crippen LogP contribution in [0, 0.1) is 59.2 Å². The molecular formula is C28H46O2. The van der Waals surface area contributed by atoms with E-state index in [-0.39, 0.29) is 5.97 Å². The highest BCUT2D eigenvalue weighted by atomic mass is 16.5. The van der Waals surface area contributed by atoms with Gasteiger partial charge in [0.1, 0.15) is 0 Å². The number of ether oxygens (including phenoxy) is 1. The lowest BCUT2D eigenvalue weighted by molar-refractivity contribution is -0.143. The van der Waals surface area contributed by atoms with E-state index in [2.05, 4.69) is 33.6 Å². The first-order chi connectivity index (χ1) is 14.4. The number of rotatable bonds is 5. The molecule has 4 aliphatic carbocycles. The van der Waals surface area contributed by atoms with Gasteiger partial charge in [0, 0.05) is 6.42 Å². The maximum atomic E-state index is 11.9. The number of carbonyl (C=O) groups is 1. The van der Waals surface area contributed by atoms with Crippen molar-refractivity contribution in [1.82, 2.24) is 0 Å². The molecule has 0 radical (unpaired) electrons. The summed E-state index contributed by atoms with van der Waals surface area (Å²) in [6, 6.07) is 0. The van der Waals surface area contributed by atoms with Gasteiger partial charge in [-0.1, -0.05) is 33.6 Å². The first-order valence-corrected chi connectivity index (χ1v) is 12.9. The van der Waals surface area contributed by atoms with Crippen molar-refractivity contribution < 1.29 is 9.53 Å². The van der Waals surface area contributed by atoms with Gasteiger partial charge in [-0.2, -0.15) is 0 Å². The van der Waals surface area contributed by atoms with Crippen molar-refractivity contribution in [2.75, 3.05) is 6.61 Å². The Labute approximate surface area is 186 Å². The van der Waals surface area contributed by atoms with Crippen LogP contribution in [0.5, 0.6) is 0 Å². The maximum absolute atomic E-state index is 11.9. The van der Waals surface area contributed by atoms with Crippen LogP contribution < -0.4 is 0 Å². The molecular weight excluding hydrogens is 368 g/mol. The minimum atomic E-state index is 0.00121. The molecule has 4 rings (SSSR count). The maximum Gasteiger partial charge on any atom is 0.305 e. The quantitative estimate of drug-likeness (QED) is 0.349. The summed E-state index contributed by atoms with van der Waals surface area (Å²) in [4.78, 5) is 11.9. The smallest absolute Gasteiger partial charge is 0.305 e. The zero-order valence-corrected chi connectivity index (χ0v) is 20.1. The highest BCUT2D eigenvalue weighted by Crippen LogP contribution is 2.68. The fourth-order valence-electron chi connectivity index (χ4n) is 9.05. The summed E-state index contributed by atoms with van der Waals surface area (Å²) in [5, 5.41) is 0. The van der Waals surface area contributed by atoms with Crippen LogP contribution >= 0.6 is 0 Å². The summed E-state index contributed by atoms with van der Waals surface area (Å²) in [6.45, 7) is 10.2. The second-order valence-corrected chi connectivity index (χ2v) is 11.5. The van der Waals surface area contributed by atoms with Gasteiger partial charge < -0.3 is 4.74 Å². The summed E-state index contributed by atoms with van der Waals surface area (Å²) >= 11 is 0. The van der Waals surface area contributed by atoms with E-state index in [9.17, 15) is 4.79 Å². The lowest BCUT2D eigenvalue weighted by Crippen LogP contribution is -2.53. The fourth-order valence-corrected chi connectivity index (χ4v) is 9.05. The number of hydrogen-bond donors (Lipinski definition) is 0. The topological polar surface area (TPSA) is 26.3 Å². The molecule has 0 aromatic rings. The lowest BCUT2D eigenvalue weighted by atomic mass is 9.44. The predicted octanol–water partition coefficient (Wildman–Crippen LogP) is 7.26. The number of terminal acetylenes is 1.